The third-order valence-electron chi connectivity index (χ3n) is 4.00. The van der Waals surface area contributed by atoms with Crippen molar-refractivity contribution in [1.29, 1.82) is 5.26 Å². The second-order valence-electron chi connectivity index (χ2n) is 5.56. The Balaban J connectivity index is 2.10. The number of hydrogen-bond donors (Lipinski definition) is 2. The summed E-state index contributed by atoms with van der Waals surface area (Å²) < 4.78 is 27.2. The third kappa shape index (κ3) is 3.82. The molecule has 2 atom stereocenters. The average molecular weight is 308 g/mol. The first kappa shape index (κ1) is 16.0. The van der Waals surface area contributed by atoms with Crippen molar-refractivity contribution in [3.63, 3.8) is 0 Å². The molecular weight excluding hydrogens is 288 g/mol. The number of rotatable bonds is 4. The third-order valence-corrected chi connectivity index (χ3v) is 5.58. The normalized spacial score (nSPS) is 22.7. The number of aliphatic hydroxyl groups excluding tert-OH is 1. The quantitative estimate of drug-likeness (QED) is 0.885. The van der Waals surface area contributed by atoms with Gasteiger partial charge in [0.15, 0.2) is 0 Å². The smallest absolute Gasteiger partial charge is 0.240 e. The molecule has 1 aliphatic carbocycles. The van der Waals surface area contributed by atoms with Gasteiger partial charge in [-0.3, -0.25) is 0 Å². The van der Waals surface area contributed by atoms with Gasteiger partial charge >= 0.3 is 0 Å². The zero-order valence-electron chi connectivity index (χ0n) is 12.0. The molecule has 0 amide bonds. The summed E-state index contributed by atoms with van der Waals surface area (Å²) in [7, 11) is -3.61. The Morgan fingerprint density at radius 1 is 1.38 bits per heavy atom. The van der Waals surface area contributed by atoms with Crippen molar-refractivity contribution in [3.05, 3.63) is 29.3 Å². The minimum Gasteiger partial charge on any atom is -0.393 e. The molecule has 2 unspecified atom stereocenters. The van der Waals surface area contributed by atoms with Gasteiger partial charge in [0.25, 0.3) is 0 Å². The number of aryl methyl sites for hydroxylation is 1. The summed E-state index contributed by atoms with van der Waals surface area (Å²) in [6.07, 6.45) is 3.18. The van der Waals surface area contributed by atoms with Gasteiger partial charge in [-0.25, -0.2) is 13.1 Å². The van der Waals surface area contributed by atoms with Gasteiger partial charge in [-0.2, -0.15) is 5.26 Å². The Morgan fingerprint density at radius 2 is 2.10 bits per heavy atom. The fraction of sp³-hybridized carbons (Fsp3) is 0.533. The fourth-order valence-electron chi connectivity index (χ4n) is 2.74. The van der Waals surface area contributed by atoms with E-state index >= 15 is 0 Å². The predicted octanol–water partition coefficient (Wildman–Crippen LogP) is 1.70. The summed E-state index contributed by atoms with van der Waals surface area (Å²) >= 11 is 0. The van der Waals surface area contributed by atoms with Gasteiger partial charge < -0.3 is 5.11 Å². The van der Waals surface area contributed by atoms with Crippen LogP contribution in [-0.2, 0) is 10.0 Å². The Bertz CT molecular complexity index is 649. The Morgan fingerprint density at radius 3 is 2.71 bits per heavy atom. The molecule has 1 aromatic carbocycles. The molecule has 1 aliphatic rings. The van der Waals surface area contributed by atoms with E-state index in [9.17, 15) is 13.5 Å². The number of nitrogens with zero attached hydrogens (tertiary/aromatic N) is 1. The number of nitriles is 1. The maximum Gasteiger partial charge on any atom is 0.240 e. The molecule has 0 aliphatic heterocycles. The largest absolute Gasteiger partial charge is 0.393 e. The van der Waals surface area contributed by atoms with Gasteiger partial charge in [0, 0.05) is 6.54 Å². The van der Waals surface area contributed by atoms with Gasteiger partial charge in [0.2, 0.25) is 10.0 Å². The lowest BCUT2D eigenvalue weighted by Gasteiger charge is -2.27. The van der Waals surface area contributed by atoms with Gasteiger partial charge in [-0.05, 0) is 49.4 Å². The van der Waals surface area contributed by atoms with Crippen molar-refractivity contribution < 1.29 is 13.5 Å². The van der Waals surface area contributed by atoms with E-state index in [1.807, 2.05) is 6.07 Å². The zero-order valence-corrected chi connectivity index (χ0v) is 12.9. The van der Waals surface area contributed by atoms with Crippen LogP contribution in [0.2, 0.25) is 0 Å². The molecule has 0 heterocycles. The maximum absolute atomic E-state index is 12.3. The topological polar surface area (TPSA) is 90.2 Å². The summed E-state index contributed by atoms with van der Waals surface area (Å²) in [4.78, 5) is 0.187. The van der Waals surface area contributed by atoms with Crippen LogP contribution in [0, 0.1) is 24.2 Å². The standard InChI is InChI=1S/C15H20N2O3S/c1-11-8-12(9-16)6-7-15(11)21(19,20)17-10-13-4-2-3-5-14(13)18/h6-8,13-14,17-18H,2-5,10H2,1H3. The van der Waals surface area contributed by atoms with E-state index < -0.39 is 16.1 Å². The zero-order chi connectivity index (χ0) is 15.5. The van der Waals surface area contributed by atoms with Crippen LogP contribution in [0.1, 0.15) is 36.8 Å². The number of hydrogen-bond acceptors (Lipinski definition) is 4. The molecule has 5 nitrogen and oxygen atoms in total. The van der Waals surface area contributed by atoms with E-state index in [0.717, 1.165) is 25.7 Å². The second-order valence-corrected chi connectivity index (χ2v) is 7.29. The molecule has 0 spiro atoms. The maximum atomic E-state index is 12.3. The van der Waals surface area contributed by atoms with Crippen LogP contribution in [0.4, 0.5) is 0 Å². The molecule has 0 saturated heterocycles. The van der Waals surface area contributed by atoms with Crippen LogP contribution in [0.15, 0.2) is 23.1 Å². The molecule has 1 fully saturated rings. The number of benzene rings is 1. The minimum atomic E-state index is -3.61. The summed E-state index contributed by atoms with van der Waals surface area (Å²) in [6.45, 7) is 1.92. The van der Waals surface area contributed by atoms with E-state index in [2.05, 4.69) is 4.72 Å². The van der Waals surface area contributed by atoms with E-state index in [-0.39, 0.29) is 17.4 Å². The van der Waals surface area contributed by atoms with Crippen LogP contribution in [-0.4, -0.2) is 26.2 Å². The van der Waals surface area contributed by atoms with Crippen molar-refractivity contribution >= 4 is 10.0 Å². The summed E-state index contributed by atoms with van der Waals surface area (Å²) in [5.74, 6) is -0.0211. The molecule has 6 heteroatoms. The highest BCUT2D eigenvalue weighted by molar-refractivity contribution is 7.89. The SMILES string of the molecule is Cc1cc(C#N)ccc1S(=O)(=O)NCC1CCCCC1O. The Hall–Kier alpha value is -1.42. The van der Waals surface area contributed by atoms with E-state index in [1.165, 1.54) is 12.1 Å². The first-order valence-corrected chi connectivity index (χ1v) is 8.61. The lowest BCUT2D eigenvalue weighted by Crippen LogP contribution is -2.36. The minimum absolute atomic E-state index is 0.0211. The van der Waals surface area contributed by atoms with Crippen molar-refractivity contribution in [1.82, 2.24) is 4.72 Å². The molecule has 2 rings (SSSR count). The first-order chi connectivity index (χ1) is 9.94. The van der Waals surface area contributed by atoms with E-state index in [4.69, 9.17) is 5.26 Å². The highest BCUT2D eigenvalue weighted by atomic mass is 32.2. The molecule has 0 aromatic heterocycles. The lowest BCUT2D eigenvalue weighted by atomic mass is 9.87. The van der Waals surface area contributed by atoms with Crippen LogP contribution >= 0.6 is 0 Å². The number of sulfonamides is 1. The fourth-order valence-corrected chi connectivity index (χ4v) is 4.06. The molecular formula is C15H20N2O3S. The molecule has 2 N–H and O–H groups in total. The van der Waals surface area contributed by atoms with Gasteiger partial charge in [0.1, 0.15) is 0 Å². The predicted molar refractivity (Wildman–Crippen MR) is 79.0 cm³/mol. The Labute approximate surface area is 125 Å². The summed E-state index contributed by atoms with van der Waals surface area (Å²) in [6, 6.07) is 6.50. The van der Waals surface area contributed by atoms with Crippen LogP contribution in [0.5, 0.6) is 0 Å². The van der Waals surface area contributed by atoms with Gasteiger partial charge in [-0.15, -0.1) is 0 Å². The highest BCUT2D eigenvalue weighted by Gasteiger charge is 2.25. The van der Waals surface area contributed by atoms with E-state index in [1.54, 1.807) is 13.0 Å². The average Bonchev–Trinajstić information content (AvgIpc) is 2.46. The molecule has 0 bridgehead atoms. The number of nitrogens with one attached hydrogen (secondary N) is 1. The number of aliphatic hydroxyl groups is 1. The van der Waals surface area contributed by atoms with Gasteiger partial charge in [0.05, 0.1) is 22.6 Å². The second kappa shape index (κ2) is 6.56. The van der Waals surface area contributed by atoms with Crippen molar-refractivity contribution in [2.24, 2.45) is 5.92 Å². The Kier molecular flexibility index (Phi) is 4.99. The molecule has 114 valence electrons. The summed E-state index contributed by atoms with van der Waals surface area (Å²) in [5.41, 5.74) is 0.986. The molecule has 0 radical (unpaired) electrons. The molecule has 21 heavy (non-hydrogen) atoms. The van der Waals surface area contributed by atoms with Crippen molar-refractivity contribution in [3.8, 4) is 6.07 Å². The van der Waals surface area contributed by atoms with E-state index in [0.29, 0.717) is 11.1 Å². The highest BCUT2D eigenvalue weighted by Crippen LogP contribution is 2.24. The molecule has 1 aromatic rings. The van der Waals surface area contributed by atoms with Crippen LogP contribution in [0.3, 0.4) is 0 Å². The van der Waals surface area contributed by atoms with Crippen molar-refractivity contribution in [2.45, 2.75) is 43.6 Å². The van der Waals surface area contributed by atoms with Gasteiger partial charge in [-0.1, -0.05) is 12.8 Å². The van der Waals surface area contributed by atoms with Crippen molar-refractivity contribution in [2.75, 3.05) is 6.54 Å². The monoisotopic (exact) mass is 308 g/mol. The van der Waals surface area contributed by atoms with Crippen LogP contribution < -0.4 is 4.72 Å². The first-order valence-electron chi connectivity index (χ1n) is 7.12. The lowest BCUT2D eigenvalue weighted by molar-refractivity contribution is 0.0724. The van der Waals surface area contributed by atoms with Crippen LogP contribution in [0.25, 0.3) is 0 Å². The molecule has 1 saturated carbocycles. The summed E-state index contributed by atoms with van der Waals surface area (Å²) in [5, 5.41) is 18.7.